The van der Waals surface area contributed by atoms with E-state index in [0.717, 1.165) is 33.2 Å². The van der Waals surface area contributed by atoms with Crippen molar-refractivity contribution in [3.8, 4) is 5.69 Å². The summed E-state index contributed by atoms with van der Waals surface area (Å²) in [6, 6.07) is 13.7. The largest absolute Gasteiger partial charge is 0.268 e. The molecule has 0 amide bonds. The van der Waals surface area contributed by atoms with Gasteiger partial charge in [0.25, 0.3) is 5.56 Å². The van der Waals surface area contributed by atoms with Gasteiger partial charge in [-0.1, -0.05) is 43.0 Å². The molecule has 3 nitrogen and oxygen atoms in total. The van der Waals surface area contributed by atoms with Crippen molar-refractivity contribution >= 4 is 22.7 Å². The van der Waals surface area contributed by atoms with Crippen LogP contribution in [0.15, 0.2) is 52.4 Å². The normalized spacial score (nSPS) is 11.0. The molecule has 0 fully saturated rings. The molecule has 3 aromatic rings. The van der Waals surface area contributed by atoms with Gasteiger partial charge in [0.1, 0.15) is 0 Å². The zero-order chi connectivity index (χ0) is 15.7. The van der Waals surface area contributed by atoms with Crippen LogP contribution in [0.4, 0.5) is 0 Å². The molecule has 4 heteroatoms. The van der Waals surface area contributed by atoms with E-state index in [-0.39, 0.29) is 5.56 Å². The van der Waals surface area contributed by atoms with Crippen molar-refractivity contribution in [2.45, 2.75) is 25.9 Å². The Bertz CT molecular complexity index is 899. The van der Waals surface area contributed by atoms with Crippen LogP contribution in [0.25, 0.3) is 16.6 Å². The van der Waals surface area contributed by atoms with Gasteiger partial charge >= 0.3 is 0 Å². The summed E-state index contributed by atoms with van der Waals surface area (Å²) >= 11 is 1.59. The van der Waals surface area contributed by atoms with Gasteiger partial charge in [0.2, 0.25) is 0 Å². The summed E-state index contributed by atoms with van der Waals surface area (Å²) in [5, 5.41) is 1.41. The summed E-state index contributed by atoms with van der Waals surface area (Å²) in [5.41, 5.74) is 3.87. The van der Waals surface area contributed by atoms with Crippen LogP contribution in [0.2, 0.25) is 0 Å². The number of thioether (sulfide) groups is 1. The fraction of sp³-hybridized carbons (Fsp3) is 0.222. The average molecular weight is 310 g/mol. The van der Waals surface area contributed by atoms with Crippen LogP contribution in [0.1, 0.15) is 18.1 Å². The second kappa shape index (κ2) is 5.97. The van der Waals surface area contributed by atoms with Gasteiger partial charge in [0.05, 0.1) is 16.6 Å². The van der Waals surface area contributed by atoms with E-state index in [4.69, 9.17) is 4.98 Å². The van der Waals surface area contributed by atoms with Crippen LogP contribution in [0.5, 0.6) is 0 Å². The van der Waals surface area contributed by atoms with Crippen LogP contribution in [-0.4, -0.2) is 15.3 Å². The van der Waals surface area contributed by atoms with E-state index in [1.807, 2.05) is 50.2 Å². The van der Waals surface area contributed by atoms with Gasteiger partial charge in [-0.25, -0.2) is 4.98 Å². The molecule has 1 heterocycles. The molecule has 112 valence electrons. The third kappa shape index (κ3) is 2.55. The molecule has 22 heavy (non-hydrogen) atoms. The van der Waals surface area contributed by atoms with Crippen molar-refractivity contribution in [2.75, 3.05) is 5.75 Å². The predicted molar refractivity (Wildman–Crippen MR) is 93.2 cm³/mol. The zero-order valence-corrected chi connectivity index (χ0v) is 13.8. The minimum atomic E-state index is -0.00440. The van der Waals surface area contributed by atoms with Gasteiger partial charge in [0, 0.05) is 0 Å². The quantitative estimate of drug-likeness (QED) is 0.539. The zero-order valence-electron chi connectivity index (χ0n) is 13.0. The summed E-state index contributed by atoms with van der Waals surface area (Å²) in [7, 11) is 0. The molecule has 0 aliphatic heterocycles. The maximum atomic E-state index is 13.0. The molecule has 0 saturated carbocycles. The molecule has 0 unspecified atom stereocenters. The lowest BCUT2D eigenvalue weighted by atomic mass is 10.1. The standard InChI is InChI=1S/C18H18N2OS/c1-4-22-18-19-15-8-6-5-7-14(15)17(21)20(18)16-11-12(2)9-10-13(16)3/h5-11H,4H2,1-3H3. The second-order valence-corrected chi connectivity index (χ2v) is 6.51. The van der Waals surface area contributed by atoms with Gasteiger partial charge in [-0.05, 0) is 48.9 Å². The minimum absolute atomic E-state index is 0.00440. The molecule has 0 radical (unpaired) electrons. The van der Waals surface area contributed by atoms with Crippen molar-refractivity contribution < 1.29 is 0 Å². The topological polar surface area (TPSA) is 34.9 Å². The minimum Gasteiger partial charge on any atom is -0.268 e. The SMILES string of the molecule is CCSc1nc2ccccc2c(=O)n1-c1cc(C)ccc1C. The van der Waals surface area contributed by atoms with E-state index in [2.05, 4.69) is 13.0 Å². The van der Waals surface area contributed by atoms with Gasteiger partial charge in [-0.3, -0.25) is 9.36 Å². The maximum absolute atomic E-state index is 13.0. The van der Waals surface area contributed by atoms with E-state index in [1.54, 1.807) is 16.3 Å². The first-order valence-electron chi connectivity index (χ1n) is 7.34. The highest BCUT2D eigenvalue weighted by Gasteiger charge is 2.14. The summed E-state index contributed by atoms with van der Waals surface area (Å²) < 4.78 is 1.75. The Morgan fingerprint density at radius 1 is 1.14 bits per heavy atom. The molecule has 0 saturated heterocycles. The fourth-order valence-corrected chi connectivity index (χ4v) is 3.24. The molecular formula is C18H18N2OS. The van der Waals surface area contributed by atoms with Crippen LogP contribution in [0.3, 0.4) is 0 Å². The van der Waals surface area contributed by atoms with Crippen molar-refractivity contribution in [2.24, 2.45) is 0 Å². The highest BCUT2D eigenvalue weighted by atomic mass is 32.2. The van der Waals surface area contributed by atoms with Gasteiger partial charge in [-0.2, -0.15) is 0 Å². The van der Waals surface area contributed by atoms with E-state index in [9.17, 15) is 4.79 Å². The molecule has 0 spiro atoms. The first-order valence-corrected chi connectivity index (χ1v) is 8.32. The Labute approximate surface area is 134 Å². The van der Waals surface area contributed by atoms with E-state index >= 15 is 0 Å². The third-order valence-electron chi connectivity index (χ3n) is 3.62. The highest BCUT2D eigenvalue weighted by molar-refractivity contribution is 7.99. The summed E-state index contributed by atoms with van der Waals surface area (Å²) in [6.07, 6.45) is 0. The molecule has 3 rings (SSSR count). The van der Waals surface area contributed by atoms with Crippen molar-refractivity contribution in [3.05, 3.63) is 63.9 Å². The Balaban J connectivity index is 2.40. The van der Waals surface area contributed by atoms with Crippen molar-refractivity contribution in [1.82, 2.24) is 9.55 Å². The number of fused-ring (bicyclic) bond motifs is 1. The number of aryl methyl sites for hydroxylation is 2. The number of hydrogen-bond acceptors (Lipinski definition) is 3. The average Bonchev–Trinajstić information content (AvgIpc) is 2.51. The fourth-order valence-electron chi connectivity index (χ4n) is 2.51. The first-order chi connectivity index (χ1) is 10.6. The molecule has 2 aromatic carbocycles. The lowest BCUT2D eigenvalue weighted by Crippen LogP contribution is -2.22. The Morgan fingerprint density at radius 3 is 2.68 bits per heavy atom. The van der Waals surface area contributed by atoms with Crippen LogP contribution in [0, 0.1) is 13.8 Å². The number of benzene rings is 2. The van der Waals surface area contributed by atoms with Crippen LogP contribution < -0.4 is 5.56 Å². The summed E-state index contributed by atoms with van der Waals surface area (Å²) in [5.74, 6) is 0.871. The molecule has 0 atom stereocenters. The smallest absolute Gasteiger partial charge is 0.266 e. The second-order valence-electron chi connectivity index (χ2n) is 5.28. The number of rotatable bonds is 3. The predicted octanol–water partition coefficient (Wildman–Crippen LogP) is 4.11. The lowest BCUT2D eigenvalue weighted by molar-refractivity contribution is 0.814. The lowest BCUT2D eigenvalue weighted by Gasteiger charge is -2.15. The van der Waals surface area contributed by atoms with Crippen molar-refractivity contribution in [3.63, 3.8) is 0 Å². The molecule has 0 aliphatic carbocycles. The van der Waals surface area contributed by atoms with Crippen LogP contribution >= 0.6 is 11.8 Å². The highest BCUT2D eigenvalue weighted by Crippen LogP contribution is 2.23. The Kier molecular flexibility index (Phi) is 4.03. The molecular weight excluding hydrogens is 292 g/mol. The number of aromatic nitrogens is 2. The van der Waals surface area contributed by atoms with Crippen molar-refractivity contribution in [1.29, 1.82) is 0 Å². The van der Waals surface area contributed by atoms with E-state index in [1.165, 1.54) is 0 Å². The van der Waals surface area contributed by atoms with E-state index in [0.29, 0.717) is 5.39 Å². The van der Waals surface area contributed by atoms with Gasteiger partial charge in [0.15, 0.2) is 5.16 Å². The Morgan fingerprint density at radius 2 is 1.91 bits per heavy atom. The molecule has 0 bridgehead atoms. The third-order valence-corrected chi connectivity index (χ3v) is 4.44. The van der Waals surface area contributed by atoms with Gasteiger partial charge in [-0.15, -0.1) is 0 Å². The van der Waals surface area contributed by atoms with Gasteiger partial charge < -0.3 is 0 Å². The first kappa shape index (κ1) is 14.9. The summed E-state index contributed by atoms with van der Waals surface area (Å²) in [6.45, 7) is 6.13. The van der Waals surface area contributed by atoms with E-state index < -0.39 is 0 Å². The number of nitrogens with zero attached hydrogens (tertiary/aromatic N) is 2. The molecule has 0 N–H and O–H groups in total. The number of para-hydroxylation sites is 1. The maximum Gasteiger partial charge on any atom is 0.266 e. The summed E-state index contributed by atoms with van der Waals surface area (Å²) in [4.78, 5) is 17.7. The molecule has 1 aromatic heterocycles. The van der Waals surface area contributed by atoms with Crippen LogP contribution in [-0.2, 0) is 0 Å². The monoisotopic (exact) mass is 310 g/mol. The Hall–Kier alpha value is -2.07. The number of hydrogen-bond donors (Lipinski definition) is 0. The molecule has 0 aliphatic rings.